The summed E-state index contributed by atoms with van der Waals surface area (Å²) in [7, 11) is 1.61. The molecule has 36 heavy (non-hydrogen) atoms. The number of aromatic nitrogens is 6. The average molecular weight is 490 g/mol. The Morgan fingerprint density at radius 2 is 1.94 bits per heavy atom. The van der Waals surface area contributed by atoms with Gasteiger partial charge >= 0.3 is 0 Å². The van der Waals surface area contributed by atoms with E-state index >= 15 is 4.39 Å². The summed E-state index contributed by atoms with van der Waals surface area (Å²) in [6.07, 6.45) is 9.34. The normalized spacial score (nSPS) is 17.7. The first kappa shape index (κ1) is 23.1. The molecule has 6 rings (SSSR count). The predicted octanol–water partition coefficient (Wildman–Crippen LogP) is 5.18. The van der Waals surface area contributed by atoms with Crippen molar-refractivity contribution in [3.63, 3.8) is 0 Å². The molecule has 2 fully saturated rings. The highest BCUT2D eigenvalue weighted by Gasteiger charge is 2.30. The van der Waals surface area contributed by atoms with E-state index in [4.69, 9.17) is 4.74 Å². The van der Waals surface area contributed by atoms with E-state index in [2.05, 4.69) is 44.0 Å². The van der Waals surface area contributed by atoms with E-state index in [1.54, 1.807) is 11.6 Å². The largest absolute Gasteiger partial charge is 0.493 e. The number of methoxy groups -OCH3 is 1. The number of nitrogens with zero attached hydrogens (tertiary/aromatic N) is 6. The van der Waals surface area contributed by atoms with Gasteiger partial charge in [0, 0.05) is 28.9 Å². The van der Waals surface area contributed by atoms with E-state index < -0.39 is 0 Å². The van der Waals surface area contributed by atoms with Crippen molar-refractivity contribution in [3.05, 3.63) is 47.8 Å². The van der Waals surface area contributed by atoms with Gasteiger partial charge in [0.2, 0.25) is 5.95 Å². The molecule has 4 aromatic heterocycles. The van der Waals surface area contributed by atoms with E-state index in [1.165, 1.54) is 25.6 Å². The van der Waals surface area contributed by atoms with Crippen molar-refractivity contribution in [2.45, 2.75) is 63.8 Å². The molecule has 0 unspecified atom stereocenters. The zero-order valence-corrected chi connectivity index (χ0v) is 21.0. The van der Waals surface area contributed by atoms with Gasteiger partial charge in [0.15, 0.2) is 11.4 Å². The molecule has 0 aromatic carbocycles. The highest BCUT2D eigenvalue weighted by Crippen LogP contribution is 2.38. The van der Waals surface area contributed by atoms with Crippen LogP contribution in [0, 0.1) is 5.95 Å². The number of halogens is 1. The third-order valence-corrected chi connectivity index (χ3v) is 7.91. The smallest absolute Gasteiger partial charge is 0.216 e. The van der Waals surface area contributed by atoms with Crippen LogP contribution in [0.2, 0.25) is 0 Å². The number of rotatable bonds is 6. The van der Waals surface area contributed by atoms with Crippen molar-refractivity contribution in [1.29, 1.82) is 0 Å². The number of hydrogen-bond acceptors (Lipinski definition) is 6. The van der Waals surface area contributed by atoms with Gasteiger partial charge in [-0.15, -0.1) is 0 Å². The molecule has 0 radical (unpaired) electrons. The second-order valence-electron chi connectivity index (χ2n) is 10.3. The van der Waals surface area contributed by atoms with Gasteiger partial charge in [0.1, 0.15) is 6.33 Å². The first-order valence-corrected chi connectivity index (χ1v) is 12.9. The molecule has 5 heterocycles. The quantitative estimate of drug-likeness (QED) is 0.376. The van der Waals surface area contributed by atoms with E-state index in [9.17, 15) is 0 Å². The molecule has 1 aliphatic carbocycles. The third kappa shape index (κ3) is 3.95. The highest BCUT2D eigenvalue weighted by molar-refractivity contribution is 5.75. The van der Waals surface area contributed by atoms with Gasteiger partial charge in [-0.05, 0) is 62.7 Å². The van der Waals surface area contributed by atoms with Crippen LogP contribution in [0.5, 0.6) is 5.75 Å². The lowest BCUT2D eigenvalue weighted by atomic mass is 9.85. The Labute approximate surface area is 209 Å². The Kier molecular flexibility index (Phi) is 5.95. The standard InChI is InChI=1S/C27H32FN7O/c1-16(2)23-24(18-13-22(36-3)27-29-15-30-35(27)14-18)32-33-25(23)21-8-7-20(26(28)31-21)17-9-11-34(12-10-17)19-5-4-6-19/h7-8,13-17,19H,4-6,9-12H2,1-3H3,(H,32,33). The molecule has 0 bridgehead atoms. The summed E-state index contributed by atoms with van der Waals surface area (Å²) in [5.41, 5.74) is 5.27. The fraction of sp³-hybridized carbons (Fsp3) is 0.481. The number of nitrogens with one attached hydrogen (secondary N) is 1. The lowest BCUT2D eigenvalue weighted by Gasteiger charge is -2.41. The molecule has 1 saturated heterocycles. The number of pyridine rings is 2. The van der Waals surface area contributed by atoms with Crippen LogP contribution >= 0.6 is 0 Å². The monoisotopic (exact) mass is 489 g/mol. The number of piperidine rings is 1. The molecule has 0 amide bonds. The Morgan fingerprint density at radius 3 is 2.61 bits per heavy atom. The molecule has 1 N–H and O–H groups in total. The summed E-state index contributed by atoms with van der Waals surface area (Å²) in [5.74, 6) is 0.602. The zero-order valence-electron chi connectivity index (χ0n) is 21.0. The fourth-order valence-electron chi connectivity index (χ4n) is 5.72. The minimum Gasteiger partial charge on any atom is -0.493 e. The number of ether oxygens (including phenoxy) is 1. The molecule has 0 atom stereocenters. The maximum atomic E-state index is 15.4. The number of aromatic amines is 1. The van der Waals surface area contributed by atoms with Crippen LogP contribution in [-0.2, 0) is 0 Å². The summed E-state index contributed by atoms with van der Waals surface area (Å²) in [6, 6.07) is 6.52. The van der Waals surface area contributed by atoms with Gasteiger partial charge < -0.3 is 9.64 Å². The van der Waals surface area contributed by atoms with Crippen LogP contribution in [0.4, 0.5) is 4.39 Å². The number of hydrogen-bond donors (Lipinski definition) is 1. The Morgan fingerprint density at radius 1 is 1.14 bits per heavy atom. The summed E-state index contributed by atoms with van der Waals surface area (Å²) in [4.78, 5) is 11.3. The molecule has 9 heteroatoms. The molecule has 8 nitrogen and oxygen atoms in total. The molecule has 2 aliphatic rings. The van der Waals surface area contributed by atoms with E-state index in [-0.39, 0.29) is 17.8 Å². The van der Waals surface area contributed by atoms with Crippen LogP contribution in [-0.4, -0.2) is 60.9 Å². The Hall–Kier alpha value is -3.33. The second kappa shape index (κ2) is 9.28. The maximum Gasteiger partial charge on any atom is 0.216 e. The molecule has 188 valence electrons. The van der Waals surface area contributed by atoms with Gasteiger partial charge in [0.05, 0.1) is 24.2 Å². The van der Waals surface area contributed by atoms with E-state index in [0.29, 0.717) is 17.1 Å². The molecule has 1 aliphatic heterocycles. The number of fused-ring (bicyclic) bond motifs is 1. The first-order valence-electron chi connectivity index (χ1n) is 12.9. The van der Waals surface area contributed by atoms with Crippen molar-refractivity contribution in [1.82, 2.24) is 34.7 Å². The topological polar surface area (TPSA) is 84.2 Å². The van der Waals surface area contributed by atoms with Gasteiger partial charge in [-0.25, -0.2) is 14.5 Å². The second-order valence-corrected chi connectivity index (χ2v) is 10.3. The first-order chi connectivity index (χ1) is 17.5. The molecule has 1 saturated carbocycles. The average Bonchev–Trinajstić information content (AvgIpc) is 3.50. The predicted molar refractivity (Wildman–Crippen MR) is 136 cm³/mol. The van der Waals surface area contributed by atoms with Crippen molar-refractivity contribution < 1.29 is 9.13 Å². The molecule has 0 spiro atoms. The third-order valence-electron chi connectivity index (χ3n) is 7.91. The lowest BCUT2D eigenvalue weighted by Crippen LogP contribution is -2.44. The van der Waals surface area contributed by atoms with Crippen LogP contribution in [0.25, 0.3) is 28.3 Å². The lowest BCUT2D eigenvalue weighted by molar-refractivity contribution is 0.0969. The molecular formula is C27H32FN7O. The van der Waals surface area contributed by atoms with Crippen LogP contribution < -0.4 is 4.74 Å². The SMILES string of the molecule is COc1cc(-c2n[nH]c(-c3ccc(C4CCN(C5CCC5)CC4)c(F)n3)c2C(C)C)cn2ncnc12. The van der Waals surface area contributed by atoms with Crippen molar-refractivity contribution in [2.75, 3.05) is 20.2 Å². The highest BCUT2D eigenvalue weighted by atomic mass is 19.1. The Balaban J connectivity index is 1.30. The minimum atomic E-state index is -0.369. The van der Waals surface area contributed by atoms with Crippen LogP contribution in [0.1, 0.15) is 68.9 Å². The Bertz CT molecular complexity index is 1380. The summed E-state index contributed by atoms with van der Waals surface area (Å²) in [6.45, 7) is 6.31. The van der Waals surface area contributed by atoms with Crippen molar-refractivity contribution >= 4 is 5.65 Å². The van der Waals surface area contributed by atoms with E-state index in [0.717, 1.165) is 60.1 Å². The number of H-pyrrole nitrogens is 1. The molecular weight excluding hydrogens is 457 g/mol. The molecule has 4 aromatic rings. The number of likely N-dealkylation sites (tertiary alicyclic amines) is 1. The van der Waals surface area contributed by atoms with Crippen molar-refractivity contribution in [2.24, 2.45) is 0 Å². The van der Waals surface area contributed by atoms with Crippen LogP contribution in [0.3, 0.4) is 0 Å². The van der Waals surface area contributed by atoms with Gasteiger partial charge in [-0.1, -0.05) is 26.3 Å². The van der Waals surface area contributed by atoms with Gasteiger partial charge in [0.25, 0.3) is 0 Å². The summed E-state index contributed by atoms with van der Waals surface area (Å²) < 4.78 is 22.6. The van der Waals surface area contributed by atoms with Gasteiger partial charge in [-0.3, -0.25) is 5.10 Å². The summed E-state index contributed by atoms with van der Waals surface area (Å²) in [5, 5.41) is 12.0. The zero-order chi connectivity index (χ0) is 24.8. The fourth-order valence-corrected chi connectivity index (χ4v) is 5.72. The van der Waals surface area contributed by atoms with E-state index in [1.807, 2.05) is 24.4 Å². The van der Waals surface area contributed by atoms with Crippen LogP contribution in [0.15, 0.2) is 30.7 Å². The van der Waals surface area contributed by atoms with Crippen molar-refractivity contribution in [3.8, 4) is 28.4 Å². The maximum absolute atomic E-state index is 15.4. The minimum absolute atomic E-state index is 0.131. The van der Waals surface area contributed by atoms with Gasteiger partial charge in [-0.2, -0.15) is 14.6 Å². The summed E-state index contributed by atoms with van der Waals surface area (Å²) >= 11 is 0.